The van der Waals surface area contributed by atoms with E-state index in [0.717, 1.165) is 13.0 Å². The molecule has 1 rings (SSSR count). The zero-order valence-corrected chi connectivity index (χ0v) is 12.9. The molecule has 0 heterocycles. The third kappa shape index (κ3) is 6.92. The lowest BCUT2D eigenvalue weighted by molar-refractivity contribution is -0.124. The van der Waals surface area contributed by atoms with Crippen LogP contribution in [0.4, 0.5) is 0 Å². The van der Waals surface area contributed by atoms with Gasteiger partial charge in [0.1, 0.15) is 0 Å². The molecule has 0 unspecified atom stereocenters. The molecule has 0 aliphatic heterocycles. The summed E-state index contributed by atoms with van der Waals surface area (Å²) in [4.78, 5) is 14.4. The van der Waals surface area contributed by atoms with Crippen molar-refractivity contribution in [1.29, 1.82) is 0 Å². The third-order valence-electron chi connectivity index (χ3n) is 3.60. The highest BCUT2D eigenvalue weighted by Gasteiger charge is 2.24. The number of rotatable bonds is 6. The Bertz CT molecular complexity index is 267. The van der Waals surface area contributed by atoms with E-state index in [0.29, 0.717) is 19.1 Å². The van der Waals surface area contributed by atoms with Crippen LogP contribution in [0.15, 0.2) is 0 Å². The van der Waals surface area contributed by atoms with E-state index >= 15 is 0 Å². The molecule has 0 radical (unpaired) electrons. The smallest absolute Gasteiger partial charge is 0.234 e. The van der Waals surface area contributed by atoms with Crippen LogP contribution < -0.4 is 11.1 Å². The number of nitrogens with one attached hydrogen (secondary N) is 1. The molecule has 0 aromatic carbocycles. The van der Waals surface area contributed by atoms with Gasteiger partial charge >= 0.3 is 0 Å². The normalized spacial score (nSPS) is 17.7. The Labute approximate surface area is 118 Å². The Balaban J connectivity index is 2.50. The average molecular weight is 269 g/mol. The van der Waals surface area contributed by atoms with Crippen molar-refractivity contribution in [3.63, 3.8) is 0 Å². The van der Waals surface area contributed by atoms with Crippen LogP contribution in [-0.4, -0.2) is 42.0 Å². The first kappa shape index (κ1) is 16.4. The molecular weight excluding hydrogens is 238 g/mol. The van der Waals surface area contributed by atoms with Gasteiger partial charge in [0.25, 0.3) is 0 Å². The number of carbonyl (C=O) groups excluding carboxylic acids is 1. The van der Waals surface area contributed by atoms with Gasteiger partial charge in [0.15, 0.2) is 0 Å². The van der Waals surface area contributed by atoms with Crippen molar-refractivity contribution in [1.82, 2.24) is 10.2 Å². The van der Waals surface area contributed by atoms with Crippen molar-refractivity contribution >= 4 is 5.91 Å². The molecule has 4 heteroatoms. The monoisotopic (exact) mass is 269 g/mol. The summed E-state index contributed by atoms with van der Waals surface area (Å²) in [6, 6.07) is 0.575. The molecule has 3 N–H and O–H groups in total. The average Bonchev–Trinajstić information content (AvgIpc) is 2.33. The van der Waals surface area contributed by atoms with Gasteiger partial charge in [0.05, 0.1) is 6.54 Å². The molecule has 0 spiro atoms. The maximum Gasteiger partial charge on any atom is 0.234 e. The van der Waals surface area contributed by atoms with Crippen LogP contribution in [0.1, 0.15) is 59.3 Å². The van der Waals surface area contributed by atoms with Gasteiger partial charge in [0.2, 0.25) is 5.91 Å². The Morgan fingerprint density at radius 1 is 1.26 bits per heavy atom. The summed E-state index contributed by atoms with van der Waals surface area (Å²) in [5.41, 5.74) is 5.46. The highest BCUT2D eigenvalue weighted by molar-refractivity contribution is 5.78. The molecule has 0 aromatic rings. The second kappa shape index (κ2) is 7.85. The number of nitrogens with two attached hydrogens (primary N) is 1. The van der Waals surface area contributed by atoms with Crippen molar-refractivity contribution in [2.45, 2.75) is 70.9 Å². The van der Waals surface area contributed by atoms with E-state index in [1.54, 1.807) is 0 Å². The van der Waals surface area contributed by atoms with Gasteiger partial charge in [-0.1, -0.05) is 19.3 Å². The molecule has 1 aliphatic rings. The SMILES string of the molecule is CC(C)(C)NC(=O)CN(CCCN)C1CCCCC1. The first-order valence-corrected chi connectivity index (χ1v) is 7.67. The van der Waals surface area contributed by atoms with Crippen molar-refractivity contribution in [2.24, 2.45) is 5.73 Å². The van der Waals surface area contributed by atoms with Gasteiger partial charge in [-0.05, 0) is 46.6 Å². The van der Waals surface area contributed by atoms with E-state index in [1.165, 1.54) is 32.1 Å². The topological polar surface area (TPSA) is 58.4 Å². The molecular formula is C15H31N3O. The standard InChI is InChI=1S/C15H31N3O/c1-15(2,3)17-14(19)12-18(11-7-10-16)13-8-5-4-6-9-13/h13H,4-12,16H2,1-3H3,(H,17,19). The largest absolute Gasteiger partial charge is 0.350 e. The molecule has 0 saturated heterocycles. The van der Waals surface area contributed by atoms with E-state index in [1.807, 2.05) is 20.8 Å². The van der Waals surface area contributed by atoms with Crippen molar-refractivity contribution in [3.05, 3.63) is 0 Å². The van der Waals surface area contributed by atoms with Crippen molar-refractivity contribution in [2.75, 3.05) is 19.6 Å². The first-order chi connectivity index (χ1) is 8.92. The van der Waals surface area contributed by atoms with Crippen LogP contribution in [-0.2, 0) is 4.79 Å². The van der Waals surface area contributed by atoms with Crippen LogP contribution in [0.25, 0.3) is 0 Å². The van der Waals surface area contributed by atoms with E-state index in [2.05, 4.69) is 10.2 Å². The first-order valence-electron chi connectivity index (χ1n) is 7.67. The highest BCUT2D eigenvalue weighted by Crippen LogP contribution is 2.22. The Hall–Kier alpha value is -0.610. The highest BCUT2D eigenvalue weighted by atomic mass is 16.2. The predicted octanol–water partition coefficient (Wildman–Crippen LogP) is 1.88. The summed E-state index contributed by atoms with van der Waals surface area (Å²) in [6.45, 7) is 8.23. The Morgan fingerprint density at radius 2 is 1.89 bits per heavy atom. The maximum atomic E-state index is 12.1. The minimum absolute atomic E-state index is 0.134. The van der Waals surface area contributed by atoms with Gasteiger partial charge in [-0.3, -0.25) is 9.69 Å². The van der Waals surface area contributed by atoms with Gasteiger partial charge in [-0.25, -0.2) is 0 Å². The van der Waals surface area contributed by atoms with Gasteiger partial charge < -0.3 is 11.1 Å². The quantitative estimate of drug-likeness (QED) is 0.774. The number of carbonyl (C=O) groups is 1. The fraction of sp³-hybridized carbons (Fsp3) is 0.933. The van der Waals surface area contributed by atoms with Crippen LogP contribution >= 0.6 is 0 Å². The molecule has 112 valence electrons. The van der Waals surface area contributed by atoms with Crippen LogP contribution in [0.3, 0.4) is 0 Å². The minimum Gasteiger partial charge on any atom is -0.350 e. The molecule has 1 aliphatic carbocycles. The lowest BCUT2D eigenvalue weighted by Crippen LogP contribution is -2.49. The van der Waals surface area contributed by atoms with Crippen LogP contribution in [0, 0.1) is 0 Å². The zero-order valence-electron chi connectivity index (χ0n) is 12.9. The third-order valence-corrected chi connectivity index (χ3v) is 3.60. The predicted molar refractivity (Wildman–Crippen MR) is 80.0 cm³/mol. The molecule has 0 bridgehead atoms. The number of amides is 1. The fourth-order valence-corrected chi connectivity index (χ4v) is 2.77. The fourth-order valence-electron chi connectivity index (χ4n) is 2.77. The molecule has 1 amide bonds. The number of nitrogens with zero attached hydrogens (tertiary/aromatic N) is 1. The molecule has 4 nitrogen and oxygen atoms in total. The summed E-state index contributed by atoms with van der Waals surface area (Å²) in [7, 11) is 0. The van der Waals surface area contributed by atoms with Gasteiger partial charge in [0, 0.05) is 18.1 Å². The Kier molecular flexibility index (Phi) is 6.80. The van der Waals surface area contributed by atoms with E-state index < -0.39 is 0 Å². The summed E-state index contributed by atoms with van der Waals surface area (Å²) >= 11 is 0. The number of hydrogen-bond acceptors (Lipinski definition) is 3. The maximum absolute atomic E-state index is 12.1. The van der Waals surface area contributed by atoms with Crippen molar-refractivity contribution < 1.29 is 4.79 Å². The molecule has 0 atom stereocenters. The summed E-state index contributed by atoms with van der Waals surface area (Å²) in [5.74, 6) is 0.134. The van der Waals surface area contributed by atoms with Crippen molar-refractivity contribution in [3.8, 4) is 0 Å². The summed E-state index contributed by atoms with van der Waals surface area (Å²) in [5, 5.41) is 3.05. The zero-order chi connectivity index (χ0) is 14.3. The second-order valence-corrected chi connectivity index (χ2v) is 6.70. The molecule has 0 aromatic heterocycles. The Morgan fingerprint density at radius 3 is 2.42 bits per heavy atom. The van der Waals surface area contributed by atoms with Gasteiger partial charge in [-0.15, -0.1) is 0 Å². The molecule has 1 saturated carbocycles. The van der Waals surface area contributed by atoms with E-state index in [-0.39, 0.29) is 11.4 Å². The lowest BCUT2D eigenvalue weighted by Gasteiger charge is -2.34. The second-order valence-electron chi connectivity index (χ2n) is 6.70. The van der Waals surface area contributed by atoms with E-state index in [4.69, 9.17) is 5.73 Å². The number of hydrogen-bond donors (Lipinski definition) is 2. The van der Waals surface area contributed by atoms with Crippen LogP contribution in [0.2, 0.25) is 0 Å². The van der Waals surface area contributed by atoms with Gasteiger partial charge in [-0.2, -0.15) is 0 Å². The summed E-state index contributed by atoms with van der Waals surface area (Å²) < 4.78 is 0. The van der Waals surface area contributed by atoms with Crippen LogP contribution in [0.5, 0.6) is 0 Å². The van der Waals surface area contributed by atoms with E-state index in [9.17, 15) is 4.79 Å². The molecule has 19 heavy (non-hydrogen) atoms. The minimum atomic E-state index is -0.150. The summed E-state index contributed by atoms with van der Waals surface area (Å²) in [6.07, 6.45) is 7.37. The molecule has 1 fully saturated rings. The lowest BCUT2D eigenvalue weighted by atomic mass is 9.94.